The van der Waals surface area contributed by atoms with E-state index in [2.05, 4.69) is 20.5 Å². The maximum absolute atomic E-state index is 13.1. The summed E-state index contributed by atoms with van der Waals surface area (Å²) < 4.78 is 14.8. The Morgan fingerprint density at radius 1 is 1.03 bits per heavy atom. The number of carbonyl (C=O) groups is 2. The zero-order chi connectivity index (χ0) is 23.2. The Morgan fingerprint density at radius 3 is 2.55 bits per heavy atom. The molecule has 0 aliphatic carbocycles. The SMILES string of the molecule is CN1CCN(C(=O)c2cn(CCCNC(=O)c3cccc(-c4ccc(F)cc4)c3)nn2)CC1. The largest absolute Gasteiger partial charge is 0.352 e. The first-order chi connectivity index (χ1) is 16.0. The van der Waals surface area contributed by atoms with Gasteiger partial charge in [-0.25, -0.2) is 4.39 Å². The normalized spacial score (nSPS) is 14.3. The molecule has 2 heterocycles. The minimum Gasteiger partial charge on any atom is -0.352 e. The van der Waals surface area contributed by atoms with Gasteiger partial charge < -0.3 is 15.1 Å². The van der Waals surface area contributed by atoms with Gasteiger partial charge >= 0.3 is 0 Å². The van der Waals surface area contributed by atoms with Crippen LogP contribution in [0.15, 0.2) is 54.7 Å². The van der Waals surface area contributed by atoms with Gasteiger partial charge in [-0.15, -0.1) is 5.10 Å². The van der Waals surface area contributed by atoms with Crippen LogP contribution >= 0.6 is 0 Å². The molecule has 4 rings (SSSR count). The molecule has 0 saturated carbocycles. The second-order valence-corrected chi connectivity index (χ2v) is 8.16. The lowest BCUT2D eigenvalue weighted by Gasteiger charge is -2.31. The van der Waals surface area contributed by atoms with Crippen LogP contribution in [0.3, 0.4) is 0 Å². The fourth-order valence-electron chi connectivity index (χ4n) is 3.70. The number of piperazine rings is 1. The summed E-state index contributed by atoms with van der Waals surface area (Å²) in [4.78, 5) is 29.1. The smallest absolute Gasteiger partial charge is 0.276 e. The zero-order valence-electron chi connectivity index (χ0n) is 18.6. The molecule has 2 aromatic carbocycles. The van der Waals surface area contributed by atoms with Crippen molar-refractivity contribution in [2.75, 3.05) is 39.8 Å². The Labute approximate surface area is 192 Å². The number of carbonyl (C=O) groups excluding carboxylic acids is 2. The summed E-state index contributed by atoms with van der Waals surface area (Å²) in [6.07, 6.45) is 2.31. The molecule has 0 atom stereocenters. The standard InChI is InChI=1S/C24H27FN6O2/c1-29-12-14-30(15-13-29)24(33)22-17-31(28-27-22)11-3-10-26-23(32)20-5-2-4-19(16-20)18-6-8-21(25)9-7-18/h2,4-9,16-17H,3,10-15H2,1H3,(H,26,32). The summed E-state index contributed by atoms with van der Waals surface area (Å²) in [5.74, 6) is -0.567. The molecule has 8 nitrogen and oxygen atoms in total. The van der Waals surface area contributed by atoms with Crippen LogP contribution in [-0.4, -0.2) is 76.4 Å². The number of rotatable bonds is 7. The fraction of sp³-hybridized carbons (Fsp3) is 0.333. The molecule has 1 aromatic heterocycles. The van der Waals surface area contributed by atoms with Crippen molar-refractivity contribution in [2.45, 2.75) is 13.0 Å². The number of amides is 2. The molecule has 0 unspecified atom stereocenters. The van der Waals surface area contributed by atoms with Gasteiger partial charge in [0.2, 0.25) is 0 Å². The lowest BCUT2D eigenvalue weighted by molar-refractivity contribution is 0.0658. The average molecular weight is 451 g/mol. The third-order valence-electron chi connectivity index (χ3n) is 5.70. The van der Waals surface area contributed by atoms with Gasteiger partial charge in [0.1, 0.15) is 5.82 Å². The van der Waals surface area contributed by atoms with E-state index in [9.17, 15) is 14.0 Å². The molecule has 1 aliphatic rings. The number of nitrogens with one attached hydrogen (secondary N) is 1. The van der Waals surface area contributed by atoms with Gasteiger partial charge in [0, 0.05) is 44.8 Å². The molecule has 0 bridgehead atoms. The third-order valence-corrected chi connectivity index (χ3v) is 5.70. The number of hydrogen-bond donors (Lipinski definition) is 1. The monoisotopic (exact) mass is 450 g/mol. The second-order valence-electron chi connectivity index (χ2n) is 8.16. The van der Waals surface area contributed by atoms with Crippen LogP contribution in [0.4, 0.5) is 4.39 Å². The number of aromatic nitrogens is 3. The Bertz CT molecular complexity index is 1110. The summed E-state index contributed by atoms with van der Waals surface area (Å²) in [5.41, 5.74) is 2.58. The summed E-state index contributed by atoms with van der Waals surface area (Å²) in [5, 5.41) is 11.0. The van der Waals surface area contributed by atoms with E-state index in [1.807, 2.05) is 19.2 Å². The lowest BCUT2D eigenvalue weighted by Crippen LogP contribution is -2.47. The van der Waals surface area contributed by atoms with Gasteiger partial charge in [-0.2, -0.15) is 0 Å². The van der Waals surface area contributed by atoms with E-state index in [0.29, 0.717) is 43.9 Å². The van der Waals surface area contributed by atoms with Crippen molar-refractivity contribution < 1.29 is 14.0 Å². The Hall–Kier alpha value is -3.59. The van der Waals surface area contributed by atoms with E-state index in [1.54, 1.807) is 40.0 Å². The van der Waals surface area contributed by atoms with E-state index in [-0.39, 0.29) is 17.6 Å². The Kier molecular flexibility index (Phi) is 7.09. The molecule has 0 spiro atoms. The van der Waals surface area contributed by atoms with Crippen molar-refractivity contribution in [2.24, 2.45) is 0 Å². The summed E-state index contributed by atoms with van der Waals surface area (Å²) >= 11 is 0. The quantitative estimate of drug-likeness (QED) is 0.559. The Balaban J connectivity index is 1.25. The molecule has 1 fully saturated rings. The molecule has 1 aliphatic heterocycles. The number of nitrogens with zero attached hydrogens (tertiary/aromatic N) is 5. The topological polar surface area (TPSA) is 83.4 Å². The van der Waals surface area contributed by atoms with Gasteiger partial charge in [0.05, 0.1) is 6.20 Å². The second kappa shape index (κ2) is 10.4. The highest BCUT2D eigenvalue weighted by Crippen LogP contribution is 2.20. The molecule has 1 saturated heterocycles. The van der Waals surface area contributed by atoms with Crippen molar-refractivity contribution >= 4 is 11.8 Å². The predicted molar refractivity (Wildman–Crippen MR) is 122 cm³/mol. The van der Waals surface area contributed by atoms with Crippen LogP contribution in [0.25, 0.3) is 11.1 Å². The molecular formula is C24H27FN6O2. The third kappa shape index (κ3) is 5.81. The molecule has 1 N–H and O–H groups in total. The van der Waals surface area contributed by atoms with E-state index in [4.69, 9.17) is 0 Å². The van der Waals surface area contributed by atoms with E-state index in [1.165, 1.54) is 12.1 Å². The minimum atomic E-state index is -0.296. The van der Waals surface area contributed by atoms with E-state index >= 15 is 0 Å². The van der Waals surface area contributed by atoms with Crippen molar-refractivity contribution in [3.63, 3.8) is 0 Å². The van der Waals surface area contributed by atoms with Crippen LogP contribution < -0.4 is 5.32 Å². The first-order valence-electron chi connectivity index (χ1n) is 11.0. The van der Waals surface area contributed by atoms with E-state index in [0.717, 1.165) is 24.2 Å². The van der Waals surface area contributed by atoms with Crippen molar-refractivity contribution in [1.82, 2.24) is 30.1 Å². The lowest BCUT2D eigenvalue weighted by atomic mass is 10.0. The maximum Gasteiger partial charge on any atom is 0.276 e. The molecule has 0 radical (unpaired) electrons. The van der Waals surface area contributed by atoms with Gasteiger partial charge in [0.15, 0.2) is 5.69 Å². The highest BCUT2D eigenvalue weighted by Gasteiger charge is 2.22. The van der Waals surface area contributed by atoms with Gasteiger partial charge in [-0.3, -0.25) is 14.3 Å². The fourth-order valence-corrected chi connectivity index (χ4v) is 3.70. The average Bonchev–Trinajstić information content (AvgIpc) is 3.31. The first-order valence-corrected chi connectivity index (χ1v) is 11.0. The van der Waals surface area contributed by atoms with Crippen LogP contribution in [-0.2, 0) is 6.54 Å². The molecule has 2 amide bonds. The van der Waals surface area contributed by atoms with Gasteiger partial charge in [-0.05, 0) is 48.9 Å². The van der Waals surface area contributed by atoms with Crippen molar-refractivity contribution in [1.29, 1.82) is 0 Å². The molecular weight excluding hydrogens is 423 g/mol. The van der Waals surface area contributed by atoms with Gasteiger partial charge in [0.25, 0.3) is 11.8 Å². The zero-order valence-corrected chi connectivity index (χ0v) is 18.6. The highest BCUT2D eigenvalue weighted by atomic mass is 19.1. The molecule has 3 aromatic rings. The number of halogens is 1. The number of hydrogen-bond acceptors (Lipinski definition) is 5. The number of aryl methyl sites for hydroxylation is 1. The predicted octanol–water partition coefficient (Wildman–Crippen LogP) is 2.29. The first kappa shape index (κ1) is 22.6. The molecule has 172 valence electrons. The summed E-state index contributed by atoms with van der Waals surface area (Å²) in [7, 11) is 2.04. The number of likely N-dealkylation sites (N-methyl/N-ethyl adjacent to an activating group) is 1. The van der Waals surface area contributed by atoms with Crippen molar-refractivity contribution in [3.05, 3.63) is 71.8 Å². The van der Waals surface area contributed by atoms with E-state index < -0.39 is 0 Å². The summed E-state index contributed by atoms with van der Waals surface area (Å²) in [6.45, 7) is 4.09. The van der Waals surface area contributed by atoms with Crippen molar-refractivity contribution in [3.8, 4) is 11.1 Å². The van der Waals surface area contributed by atoms with Crippen LogP contribution in [0.1, 0.15) is 27.3 Å². The van der Waals surface area contributed by atoms with Crippen LogP contribution in [0.5, 0.6) is 0 Å². The minimum absolute atomic E-state index is 0.0938. The number of benzene rings is 2. The summed E-state index contributed by atoms with van der Waals surface area (Å²) in [6, 6.07) is 13.4. The Morgan fingerprint density at radius 2 is 1.79 bits per heavy atom. The van der Waals surface area contributed by atoms with Crippen LogP contribution in [0, 0.1) is 5.82 Å². The van der Waals surface area contributed by atoms with Gasteiger partial charge in [-0.1, -0.05) is 29.5 Å². The van der Waals surface area contributed by atoms with Crippen LogP contribution in [0.2, 0.25) is 0 Å². The molecule has 33 heavy (non-hydrogen) atoms. The highest BCUT2D eigenvalue weighted by molar-refractivity contribution is 5.95. The maximum atomic E-state index is 13.1. The molecule has 9 heteroatoms.